The van der Waals surface area contributed by atoms with Crippen molar-refractivity contribution in [1.82, 2.24) is 5.32 Å². The number of likely N-dealkylation sites (N-methyl/N-ethyl adjacent to an activating group) is 1. The van der Waals surface area contributed by atoms with Crippen LogP contribution in [0.5, 0.6) is 0 Å². The van der Waals surface area contributed by atoms with Crippen LogP contribution in [0.15, 0.2) is 18.2 Å². The molecule has 1 N–H and O–H groups in total. The Labute approximate surface area is 119 Å². The molecule has 2 unspecified atom stereocenters. The highest BCUT2D eigenvalue weighted by Crippen LogP contribution is 2.30. The van der Waals surface area contributed by atoms with Gasteiger partial charge in [0.15, 0.2) is 0 Å². The molecule has 1 aliphatic heterocycles. The first-order valence-corrected chi connectivity index (χ1v) is 7.18. The minimum Gasteiger partial charge on any atom is -0.374 e. The maximum absolute atomic E-state index is 13.9. The van der Waals surface area contributed by atoms with Gasteiger partial charge in [0.05, 0.1) is 5.60 Å². The van der Waals surface area contributed by atoms with Crippen LogP contribution in [0.25, 0.3) is 0 Å². The van der Waals surface area contributed by atoms with Crippen molar-refractivity contribution in [1.29, 1.82) is 0 Å². The Kier molecular flexibility index (Phi) is 4.82. The van der Waals surface area contributed by atoms with Gasteiger partial charge >= 0.3 is 0 Å². The van der Waals surface area contributed by atoms with E-state index in [4.69, 9.17) is 16.3 Å². The molecule has 0 radical (unpaired) electrons. The zero-order valence-corrected chi connectivity index (χ0v) is 12.3. The Bertz CT molecular complexity index is 432. The molecule has 19 heavy (non-hydrogen) atoms. The van der Waals surface area contributed by atoms with Crippen molar-refractivity contribution >= 4 is 11.6 Å². The number of rotatable bonds is 4. The lowest BCUT2D eigenvalue weighted by Crippen LogP contribution is -2.52. The lowest BCUT2D eigenvalue weighted by atomic mass is 9.84. The smallest absolute Gasteiger partial charge is 0.127 e. The number of nitrogens with one attached hydrogen (secondary N) is 1. The Balaban J connectivity index is 2.14. The fraction of sp³-hybridized carbons (Fsp3) is 0.600. The first-order valence-electron chi connectivity index (χ1n) is 6.80. The van der Waals surface area contributed by atoms with Crippen molar-refractivity contribution in [3.8, 4) is 0 Å². The molecule has 106 valence electrons. The van der Waals surface area contributed by atoms with Crippen molar-refractivity contribution in [3.05, 3.63) is 34.6 Å². The summed E-state index contributed by atoms with van der Waals surface area (Å²) >= 11 is 5.78. The van der Waals surface area contributed by atoms with E-state index in [1.165, 1.54) is 6.07 Å². The van der Waals surface area contributed by atoms with Crippen LogP contribution in [0.1, 0.15) is 31.7 Å². The van der Waals surface area contributed by atoms with Gasteiger partial charge in [0.25, 0.3) is 0 Å². The number of ether oxygens (including phenoxy) is 1. The average Bonchev–Trinajstić information content (AvgIpc) is 2.38. The SMILES string of the molecule is CNC(Cc1ccc(Cl)cc1F)C1(C)CCCCO1. The van der Waals surface area contributed by atoms with Gasteiger partial charge in [0, 0.05) is 17.7 Å². The minimum absolute atomic E-state index is 0.100. The fourth-order valence-corrected chi connectivity index (χ4v) is 2.92. The van der Waals surface area contributed by atoms with E-state index in [0.717, 1.165) is 25.9 Å². The standard InChI is InChI=1S/C15H21ClFNO/c1-15(7-3-4-8-19-15)14(18-2)9-11-5-6-12(16)10-13(11)17/h5-6,10,14,18H,3-4,7-9H2,1-2H3. The zero-order valence-electron chi connectivity index (χ0n) is 11.5. The third kappa shape index (κ3) is 3.47. The summed E-state index contributed by atoms with van der Waals surface area (Å²) in [4.78, 5) is 0. The summed E-state index contributed by atoms with van der Waals surface area (Å²) in [6.07, 6.45) is 3.89. The molecule has 0 aliphatic carbocycles. The van der Waals surface area contributed by atoms with Gasteiger partial charge in [-0.05, 0) is 57.4 Å². The van der Waals surface area contributed by atoms with Gasteiger partial charge in [-0.25, -0.2) is 4.39 Å². The molecular weight excluding hydrogens is 265 g/mol. The quantitative estimate of drug-likeness (QED) is 0.913. The van der Waals surface area contributed by atoms with Crippen LogP contribution >= 0.6 is 11.6 Å². The lowest BCUT2D eigenvalue weighted by molar-refractivity contribution is -0.0871. The molecule has 1 aromatic rings. The number of hydrogen-bond donors (Lipinski definition) is 1. The van der Waals surface area contributed by atoms with E-state index in [1.54, 1.807) is 12.1 Å². The summed E-state index contributed by atoms with van der Waals surface area (Å²) < 4.78 is 19.8. The predicted molar refractivity (Wildman–Crippen MR) is 76.2 cm³/mol. The zero-order chi connectivity index (χ0) is 13.9. The van der Waals surface area contributed by atoms with Crippen LogP contribution in [0.2, 0.25) is 5.02 Å². The molecule has 1 fully saturated rings. The Morgan fingerprint density at radius 2 is 2.26 bits per heavy atom. The van der Waals surface area contributed by atoms with E-state index in [9.17, 15) is 4.39 Å². The fourth-order valence-electron chi connectivity index (χ4n) is 2.76. The maximum atomic E-state index is 13.9. The summed E-state index contributed by atoms with van der Waals surface area (Å²) in [5.41, 5.74) is 0.457. The molecule has 2 atom stereocenters. The Morgan fingerprint density at radius 3 is 2.84 bits per heavy atom. The van der Waals surface area contributed by atoms with Gasteiger partial charge in [-0.3, -0.25) is 0 Å². The van der Waals surface area contributed by atoms with Crippen LogP contribution in [-0.4, -0.2) is 25.3 Å². The van der Waals surface area contributed by atoms with Gasteiger partial charge in [-0.15, -0.1) is 0 Å². The number of halogens is 2. The van der Waals surface area contributed by atoms with E-state index in [0.29, 0.717) is 17.0 Å². The van der Waals surface area contributed by atoms with Crippen LogP contribution in [0.4, 0.5) is 4.39 Å². The highest BCUT2D eigenvalue weighted by Gasteiger charge is 2.36. The van der Waals surface area contributed by atoms with E-state index in [1.807, 2.05) is 7.05 Å². The molecule has 1 heterocycles. The summed E-state index contributed by atoms with van der Waals surface area (Å²) in [5, 5.41) is 3.71. The molecular formula is C15H21ClFNO. The highest BCUT2D eigenvalue weighted by atomic mass is 35.5. The predicted octanol–water partition coefficient (Wildman–Crippen LogP) is 3.57. The molecule has 2 nitrogen and oxygen atoms in total. The van der Waals surface area contributed by atoms with Crippen molar-refractivity contribution in [2.24, 2.45) is 0 Å². The van der Waals surface area contributed by atoms with Crippen LogP contribution in [-0.2, 0) is 11.2 Å². The molecule has 0 spiro atoms. The van der Waals surface area contributed by atoms with E-state index >= 15 is 0 Å². The van der Waals surface area contributed by atoms with E-state index in [-0.39, 0.29) is 17.5 Å². The van der Waals surface area contributed by atoms with Crippen molar-refractivity contribution in [2.45, 2.75) is 44.2 Å². The van der Waals surface area contributed by atoms with Gasteiger partial charge in [0.2, 0.25) is 0 Å². The van der Waals surface area contributed by atoms with Crippen LogP contribution < -0.4 is 5.32 Å². The molecule has 0 saturated carbocycles. The van der Waals surface area contributed by atoms with Gasteiger partial charge in [-0.1, -0.05) is 17.7 Å². The van der Waals surface area contributed by atoms with Crippen molar-refractivity contribution in [3.63, 3.8) is 0 Å². The molecule has 1 aromatic carbocycles. The van der Waals surface area contributed by atoms with E-state index in [2.05, 4.69) is 12.2 Å². The molecule has 1 saturated heterocycles. The second kappa shape index (κ2) is 6.21. The minimum atomic E-state index is -0.243. The number of benzene rings is 1. The van der Waals surface area contributed by atoms with Crippen molar-refractivity contribution < 1.29 is 9.13 Å². The second-order valence-electron chi connectivity index (χ2n) is 5.40. The third-order valence-electron chi connectivity index (χ3n) is 4.02. The highest BCUT2D eigenvalue weighted by molar-refractivity contribution is 6.30. The normalized spacial score (nSPS) is 25.3. The molecule has 4 heteroatoms. The molecule has 1 aliphatic rings. The van der Waals surface area contributed by atoms with Crippen molar-refractivity contribution in [2.75, 3.05) is 13.7 Å². The van der Waals surface area contributed by atoms with Gasteiger partial charge in [-0.2, -0.15) is 0 Å². The monoisotopic (exact) mass is 285 g/mol. The largest absolute Gasteiger partial charge is 0.374 e. The van der Waals surface area contributed by atoms with E-state index < -0.39 is 0 Å². The third-order valence-corrected chi connectivity index (χ3v) is 4.26. The molecule has 0 aromatic heterocycles. The molecule has 2 rings (SSSR count). The maximum Gasteiger partial charge on any atom is 0.127 e. The summed E-state index contributed by atoms with van der Waals surface area (Å²) in [6, 6.07) is 4.96. The van der Waals surface area contributed by atoms with Gasteiger partial charge in [0.1, 0.15) is 5.82 Å². The summed E-state index contributed by atoms with van der Waals surface area (Å²) in [5.74, 6) is -0.243. The average molecular weight is 286 g/mol. The number of hydrogen-bond acceptors (Lipinski definition) is 2. The van der Waals surface area contributed by atoms with Crippen LogP contribution in [0, 0.1) is 5.82 Å². The Morgan fingerprint density at radius 1 is 1.47 bits per heavy atom. The summed E-state index contributed by atoms with van der Waals surface area (Å²) in [7, 11) is 1.90. The lowest BCUT2D eigenvalue weighted by Gasteiger charge is -2.40. The first-order chi connectivity index (χ1) is 9.05. The van der Waals surface area contributed by atoms with Gasteiger partial charge < -0.3 is 10.1 Å². The van der Waals surface area contributed by atoms with Crippen LogP contribution in [0.3, 0.4) is 0 Å². The Hall–Kier alpha value is -0.640. The summed E-state index contributed by atoms with van der Waals surface area (Å²) in [6.45, 7) is 2.90. The topological polar surface area (TPSA) is 21.3 Å². The first kappa shape index (κ1) is 14.8. The second-order valence-corrected chi connectivity index (χ2v) is 5.84. The molecule has 0 amide bonds. The molecule has 0 bridgehead atoms.